The summed E-state index contributed by atoms with van der Waals surface area (Å²) in [6, 6.07) is 64.3. The zero-order valence-corrected chi connectivity index (χ0v) is 30.0. The van der Waals surface area contributed by atoms with E-state index in [-0.39, 0.29) is 0 Å². The van der Waals surface area contributed by atoms with Crippen LogP contribution in [0.5, 0.6) is 0 Å². The number of hydrogen-bond acceptors (Lipinski definition) is 5. The number of rotatable bonds is 6. The minimum atomic E-state index is 0.625. The Balaban J connectivity index is 1.08. The maximum atomic E-state index is 6.96. The summed E-state index contributed by atoms with van der Waals surface area (Å²) >= 11 is 0. The van der Waals surface area contributed by atoms with E-state index in [9.17, 15) is 0 Å². The zero-order valence-electron chi connectivity index (χ0n) is 30.0. The van der Waals surface area contributed by atoms with Gasteiger partial charge in [-0.3, -0.25) is 0 Å². The van der Waals surface area contributed by atoms with Crippen molar-refractivity contribution in [1.29, 1.82) is 0 Å². The smallest absolute Gasteiger partial charge is 0.164 e. The Kier molecular flexibility index (Phi) is 7.38. The Morgan fingerprint density at radius 3 is 1.50 bits per heavy atom. The van der Waals surface area contributed by atoms with E-state index in [0.29, 0.717) is 17.5 Å². The van der Waals surface area contributed by atoms with Crippen LogP contribution in [0.15, 0.2) is 192 Å². The van der Waals surface area contributed by atoms with Gasteiger partial charge >= 0.3 is 0 Å². The molecule has 7 aromatic carbocycles. The molecular formula is C50H31N5O. The predicted molar refractivity (Wildman–Crippen MR) is 226 cm³/mol. The molecule has 0 bridgehead atoms. The number of benzene rings is 7. The lowest BCUT2D eigenvalue weighted by Crippen LogP contribution is -2.00. The van der Waals surface area contributed by atoms with Crippen LogP contribution in [-0.2, 0) is 0 Å². The Labute approximate surface area is 322 Å². The van der Waals surface area contributed by atoms with Gasteiger partial charge in [-0.15, -0.1) is 0 Å². The predicted octanol–water partition coefficient (Wildman–Crippen LogP) is 12.6. The van der Waals surface area contributed by atoms with Crippen LogP contribution in [-0.4, -0.2) is 24.5 Å². The molecule has 0 amide bonds. The normalized spacial score (nSPS) is 11.6. The van der Waals surface area contributed by atoms with Gasteiger partial charge in [0.1, 0.15) is 11.1 Å². The first-order valence-corrected chi connectivity index (χ1v) is 18.6. The average molecular weight is 718 g/mol. The Bertz CT molecular complexity index is 3150. The number of furan rings is 1. The van der Waals surface area contributed by atoms with Crippen LogP contribution in [0.4, 0.5) is 0 Å². The number of hydrogen-bond donors (Lipinski definition) is 0. The lowest BCUT2D eigenvalue weighted by Gasteiger charge is -2.11. The second kappa shape index (κ2) is 13.0. The van der Waals surface area contributed by atoms with Gasteiger partial charge in [-0.1, -0.05) is 152 Å². The highest BCUT2D eigenvalue weighted by atomic mass is 16.3. The van der Waals surface area contributed by atoms with Crippen LogP contribution < -0.4 is 0 Å². The molecule has 0 unspecified atom stereocenters. The molecule has 0 aliphatic heterocycles. The van der Waals surface area contributed by atoms with E-state index in [4.69, 9.17) is 24.4 Å². The van der Waals surface area contributed by atoms with Gasteiger partial charge in [0, 0.05) is 38.7 Å². The van der Waals surface area contributed by atoms with Gasteiger partial charge in [0.15, 0.2) is 23.1 Å². The van der Waals surface area contributed by atoms with Crippen LogP contribution in [0, 0.1) is 0 Å². The molecule has 0 aliphatic rings. The van der Waals surface area contributed by atoms with Crippen molar-refractivity contribution in [3.05, 3.63) is 188 Å². The largest absolute Gasteiger partial charge is 0.453 e. The third kappa shape index (κ3) is 5.27. The van der Waals surface area contributed by atoms with Gasteiger partial charge in [0.05, 0.1) is 22.1 Å². The van der Waals surface area contributed by atoms with Crippen molar-refractivity contribution in [2.75, 3.05) is 0 Å². The third-order valence-corrected chi connectivity index (χ3v) is 10.4. The Hall–Kier alpha value is -7.70. The molecule has 6 heteroatoms. The molecule has 11 rings (SSSR count). The molecule has 4 heterocycles. The average Bonchev–Trinajstić information content (AvgIpc) is 3.82. The van der Waals surface area contributed by atoms with Crippen LogP contribution in [0.1, 0.15) is 0 Å². The zero-order chi connectivity index (χ0) is 37.0. The van der Waals surface area contributed by atoms with Gasteiger partial charge in [-0.05, 0) is 47.5 Å². The van der Waals surface area contributed by atoms with Crippen LogP contribution in [0.3, 0.4) is 0 Å². The SMILES string of the molecule is c1ccc(-c2nc(-c3ccccc3)nc(-c3ccc(-c4ccc5c6oc7c8ccccc8nc(-c8ccccc8)c7c6n(-c6ccccc6)c5c4)cc3)n2)cc1. The summed E-state index contributed by atoms with van der Waals surface area (Å²) in [5.41, 5.74) is 12.6. The first-order chi connectivity index (χ1) is 27.8. The van der Waals surface area contributed by atoms with Crippen LogP contribution in [0.25, 0.3) is 106 Å². The summed E-state index contributed by atoms with van der Waals surface area (Å²) in [4.78, 5) is 20.0. The number of pyridine rings is 1. The second-order valence-corrected chi connectivity index (χ2v) is 13.8. The standard InChI is InChI=1S/C50H31N5O/c1-5-15-33(16-6-1)44-43-45-47(56-46(43)39-23-13-14-24-41(39)51-44)40-30-29-37(31-42(40)55(45)38-21-11-4-12-22-38)32-25-27-36(28-26-32)50-53-48(34-17-7-2-8-18-34)52-49(54-50)35-19-9-3-10-20-35/h1-31H. The van der Waals surface area contributed by atoms with E-state index in [1.165, 1.54) is 0 Å². The summed E-state index contributed by atoms with van der Waals surface area (Å²) in [5, 5.41) is 3.03. The summed E-state index contributed by atoms with van der Waals surface area (Å²) in [6.07, 6.45) is 0. The molecule has 0 radical (unpaired) electrons. The van der Waals surface area contributed by atoms with Crippen molar-refractivity contribution >= 4 is 43.9 Å². The molecule has 0 N–H and O–H groups in total. The summed E-state index contributed by atoms with van der Waals surface area (Å²) in [6.45, 7) is 0. The quantitative estimate of drug-likeness (QED) is 0.171. The van der Waals surface area contributed by atoms with Crippen molar-refractivity contribution in [2.24, 2.45) is 0 Å². The van der Waals surface area contributed by atoms with E-state index >= 15 is 0 Å². The monoisotopic (exact) mass is 717 g/mol. The number of para-hydroxylation sites is 2. The van der Waals surface area contributed by atoms with Crippen molar-refractivity contribution in [3.63, 3.8) is 0 Å². The highest BCUT2D eigenvalue weighted by Gasteiger charge is 2.25. The minimum Gasteiger partial charge on any atom is -0.453 e. The third-order valence-electron chi connectivity index (χ3n) is 10.4. The van der Waals surface area contributed by atoms with E-state index in [2.05, 4.69) is 114 Å². The van der Waals surface area contributed by atoms with Crippen molar-refractivity contribution < 1.29 is 4.42 Å². The first-order valence-electron chi connectivity index (χ1n) is 18.6. The van der Waals surface area contributed by atoms with Crippen LogP contribution in [0.2, 0.25) is 0 Å². The van der Waals surface area contributed by atoms with E-state index in [1.807, 2.05) is 78.9 Å². The number of fused-ring (bicyclic) bond motifs is 7. The lowest BCUT2D eigenvalue weighted by molar-refractivity contribution is 0.676. The molecule has 0 fully saturated rings. The Morgan fingerprint density at radius 1 is 0.375 bits per heavy atom. The highest BCUT2D eigenvalue weighted by molar-refractivity contribution is 6.24. The molecule has 4 aromatic heterocycles. The van der Waals surface area contributed by atoms with Gasteiger partial charge in [0.25, 0.3) is 0 Å². The topological polar surface area (TPSA) is 69.6 Å². The molecule has 0 aliphatic carbocycles. The maximum absolute atomic E-state index is 6.96. The lowest BCUT2D eigenvalue weighted by atomic mass is 10.0. The van der Waals surface area contributed by atoms with Crippen molar-refractivity contribution in [3.8, 4) is 62.2 Å². The van der Waals surface area contributed by atoms with Gasteiger partial charge in [-0.25, -0.2) is 19.9 Å². The fourth-order valence-electron chi connectivity index (χ4n) is 7.78. The molecular weight excluding hydrogens is 687 g/mol. The van der Waals surface area contributed by atoms with Gasteiger partial charge in [0.2, 0.25) is 0 Å². The maximum Gasteiger partial charge on any atom is 0.164 e. The van der Waals surface area contributed by atoms with Gasteiger partial charge < -0.3 is 8.98 Å². The second-order valence-electron chi connectivity index (χ2n) is 13.8. The van der Waals surface area contributed by atoms with Gasteiger partial charge in [-0.2, -0.15) is 0 Å². The van der Waals surface area contributed by atoms with Crippen molar-refractivity contribution in [1.82, 2.24) is 24.5 Å². The van der Waals surface area contributed by atoms with Crippen molar-refractivity contribution in [2.45, 2.75) is 0 Å². The molecule has 0 spiro atoms. The van der Waals surface area contributed by atoms with E-state index in [0.717, 1.165) is 88.6 Å². The van der Waals surface area contributed by atoms with E-state index < -0.39 is 0 Å². The van der Waals surface area contributed by atoms with E-state index in [1.54, 1.807) is 0 Å². The number of aromatic nitrogens is 5. The van der Waals surface area contributed by atoms with Crippen LogP contribution >= 0.6 is 0 Å². The molecule has 0 saturated carbocycles. The molecule has 11 aromatic rings. The highest BCUT2D eigenvalue weighted by Crippen LogP contribution is 2.45. The molecule has 6 nitrogen and oxygen atoms in total. The first kappa shape index (κ1) is 31.8. The minimum absolute atomic E-state index is 0.625. The Morgan fingerprint density at radius 2 is 0.875 bits per heavy atom. The molecule has 0 atom stereocenters. The summed E-state index contributed by atoms with van der Waals surface area (Å²) in [7, 11) is 0. The number of nitrogens with zero attached hydrogens (tertiary/aromatic N) is 5. The summed E-state index contributed by atoms with van der Waals surface area (Å²) in [5.74, 6) is 1.91. The fourth-order valence-corrected chi connectivity index (χ4v) is 7.78. The molecule has 262 valence electrons. The fraction of sp³-hybridized carbons (Fsp3) is 0. The molecule has 56 heavy (non-hydrogen) atoms. The molecule has 0 saturated heterocycles. The summed E-state index contributed by atoms with van der Waals surface area (Å²) < 4.78 is 9.29.